The Labute approximate surface area is 127 Å². The zero-order valence-corrected chi connectivity index (χ0v) is 13.7. The number of nitrogens with one attached hydrogen (secondary N) is 2. The van der Waals surface area contributed by atoms with Gasteiger partial charge >= 0.3 is 0 Å². The minimum Gasteiger partial charge on any atom is -0.380 e. The lowest BCUT2D eigenvalue weighted by Crippen LogP contribution is -2.40. The molecule has 1 aliphatic rings. The molecule has 0 amide bonds. The van der Waals surface area contributed by atoms with Crippen LogP contribution in [0.2, 0.25) is 0 Å². The average Bonchev–Trinajstić information content (AvgIpc) is 2.87. The number of rotatable bonds is 6. The third-order valence-electron chi connectivity index (χ3n) is 3.98. The topological polar surface area (TPSA) is 67.4 Å². The maximum atomic E-state index is 12.6. The molecule has 0 saturated heterocycles. The van der Waals surface area contributed by atoms with E-state index in [0.717, 1.165) is 30.4 Å². The van der Waals surface area contributed by atoms with Gasteiger partial charge in [0.25, 0.3) is 0 Å². The Balaban J connectivity index is 2.24. The van der Waals surface area contributed by atoms with Crippen LogP contribution < -0.4 is 10.0 Å². The average molecular weight is 312 g/mol. The minimum atomic E-state index is -3.52. The molecule has 0 aliphatic heterocycles. The molecule has 0 aromatic heterocycles. The molecule has 5 nitrogen and oxygen atoms in total. The summed E-state index contributed by atoms with van der Waals surface area (Å²) in [7, 11) is -0.0397. The van der Waals surface area contributed by atoms with E-state index < -0.39 is 10.0 Å². The van der Waals surface area contributed by atoms with Crippen LogP contribution in [0.3, 0.4) is 0 Å². The Kier molecular flexibility index (Phi) is 5.37. The molecular weight excluding hydrogens is 288 g/mol. The first-order chi connectivity index (χ1) is 9.97. The van der Waals surface area contributed by atoms with Crippen LogP contribution in [0.5, 0.6) is 0 Å². The molecule has 1 aliphatic carbocycles. The molecule has 2 rings (SSSR count). The van der Waals surface area contributed by atoms with E-state index in [1.165, 1.54) is 0 Å². The largest absolute Gasteiger partial charge is 0.380 e. The number of methoxy groups -OCH3 is 1. The lowest BCUT2D eigenvalue weighted by atomic mass is 10.1. The fraction of sp³-hybridized carbons (Fsp3) is 0.600. The summed E-state index contributed by atoms with van der Waals surface area (Å²) >= 11 is 0. The van der Waals surface area contributed by atoms with E-state index in [4.69, 9.17) is 4.74 Å². The van der Waals surface area contributed by atoms with Gasteiger partial charge in [0, 0.05) is 19.7 Å². The summed E-state index contributed by atoms with van der Waals surface area (Å²) in [6.45, 7) is 2.47. The van der Waals surface area contributed by atoms with Gasteiger partial charge in [0.15, 0.2) is 0 Å². The van der Waals surface area contributed by atoms with Crippen LogP contribution in [0.25, 0.3) is 0 Å². The van der Waals surface area contributed by atoms with Gasteiger partial charge in [-0.3, -0.25) is 0 Å². The zero-order chi connectivity index (χ0) is 15.5. The Morgan fingerprint density at radius 2 is 2.10 bits per heavy atom. The van der Waals surface area contributed by atoms with E-state index in [9.17, 15) is 8.42 Å². The Hall–Kier alpha value is -0.950. The number of sulfonamides is 1. The van der Waals surface area contributed by atoms with Crippen LogP contribution in [0, 0.1) is 6.92 Å². The molecule has 2 N–H and O–H groups in total. The second-order valence-corrected chi connectivity index (χ2v) is 7.25. The lowest BCUT2D eigenvalue weighted by Gasteiger charge is -2.20. The fourth-order valence-electron chi connectivity index (χ4n) is 2.85. The van der Waals surface area contributed by atoms with Crippen molar-refractivity contribution in [3.05, 3.63) is 29.3 Å². The lowest BCUT2D eigenvalue weighted by molar-refractivity contribution is 0.0916. The summed E-state index contributed by atoms with van der Waals surface area (Å²) in [6.07, 6.45) is 2.69. The SMILES string of the molecule is CNCc1ccc(C)c(S(=O)(=O)NC2CCCC2OC)c1. The molecule has 21 heavy (non-hydrogen) atoms. The predicted octanol–water partition coefficient (Wildman–Crippen LogP) is 1.56. The van der Waals surface area contributed by atoms with Crippen molar-refractivity contribution < 1.29 is 13.2 Å². The summed E-state index contributed by atoms with van der Waals surface area (Å²) < 4.78 is 33.5. The summed E-state index contributed by atoms with van der Waals surface area (Å²) in [5, 5.41) is 3.04. The second-order valence-electron chi connectivity index (χ2n) is 5.56. The van der Waals surface area contributed by atoms with Crippen molar-refractivity contribution >= 4 is 10.0 Å². The molecular formula is C15H24N2O3S. The van der Waals surface area contributed by atoms with E-state index in [2.05, 4.69) is 10.0 Å². The van der Waals surface area contributed by atoms with Crippen molar-refractivity contribution in [2.24, 2.45) is 0 Å². The molecule has 0 bridgehead atoms. The fourth-order valence-corrected chi connectivity index (χ4v) is 4.45. The van der Waals surface area contributed by atoms with Crippen molar-refractivity contribution in [2.75, 3.05) is 14.2 Å². The van der Waals surface area contributed by atoms with Crippen molar-refractivity contribution in [2.45, 2.75) is 49.8 Å². The van der Waals surface area contributed by atoms with Crippen molar-refractivity contribution in [3.63, 3.8) is 0 Å². The molecule has 1 aromatic carbocycles. The van der Waals surface area contributed by atoms with Crippen molar-refractivity contribution in [1.82, 2.24) is 10.0 Å². The maximum Gasteiger partial charge on any atom is 0.241 e. The zero-order valence-electron chi connectivity index (χ0n) is 12.8. The first-order valence-electron chi connectivity index (χ1n) is 7.27. The second kappa shape index (κ2) is 6.87. The molecule has 2 unspecified atom stereocenters. The summed E-state index contributed by atoms with van der Waals surface area (Å²) in [5.74, 6) is 0. The first-order valence-corrected chi connectivity index (χ1v) is 8.75. The van der Waals surface area contributed by atoms with Crippen LogP contribution in [0.15, 0.2) is 23.1 Å². The minimum absolute atomic E-state index is 0.0272. The normalized spacial score (nSPS) is 22.6. The van der Waals surface area contributed by atoms with Gasteiger partial charge in [-0.15, -0.1) is 0 Å². The molecule has 1 aromatic rings. The molecule has 6 heteroatoms. The summed E-state index contributed by atoms with van der Waals surface area (Å²) in [5.41, 5.74) is 1.72. The van der Waals surface area contributed by atoms with E-state index in [1.807, 2.05) is 26.1 Å². The number of benzene rings is 1. The quantitative estimate of drug-likeness (QED) is 0.836. The third-order valence-corrected chi connectivity index (χ3v) is 5.62. The monoisotopic (exact) mass is 312 g/mol. The van der Waals surface area contributed by atoms with E-state index in [1.54, 1.807) is 13.2 Å². The Morgan fingerprint density at radius 3 is 2.76 bits per heavy atom. The number of aryl methyl sites for hydroxylation is 1. The van der Waals surface area contributed by atoms with Crippen molar-refractivity contribution in [1.29, 1.82) is 0 Å². The Bertz CT molecular complexity index is 587. The summed E-state index contributed by atoms with van der Waals surface area (Å²) in [4.78, 5) is 0.358. The number of hydrogen-bond donors (Lipinski definition) is 2. The molecule has 0 heterocycles. The number of hydrogen-bond acceptors (Lipinski definition) is 4. The van der Waals surface area contributed by atoms with Crippen LogP contribution in [0.4, 0.5) is 0 Å². The summed E-state index contributed by atoms with van der Waals surface area (Å²) in [6, 6.07) is 5.40. The molecule has 0 radical (unpaired) electrons. The highest BCUT2D eigenvalue weighted by molar-refractivity contribution is 7.89. The first kappa shape index (κ1) is 16.4. The van der Waals surface area contributed by atoms with Crippen LogP contribution >= 0.6 is 0 Å². The predicted molar refractivity (Wildman–Crippen MR) is 82.7 cm³/mol. The highest BCUT2D eigenvalue weighted by Crippen LogP contribution is 2.24. The van der Waals surface area contributed by atoms with Crippen LogP contribution in [-0.2, 0) is 21.3 Å². The highest BCUT2D eigenvalue weighted by atomic mass is 32.2. The van der Waals surface area contributed by atoms with Gasteiger partial charge in [-0.25, -0.2) is 13.1 Å². The van der Waals surface area contributed by atoms with E-state index in [0.29, 0.717) is 11.4 Å². The molecule has 118 valence electrons. The molecule has 1 fully saturated rings. The highest BCUT2D eigenvalue weighted by Gasteiger charge is 2.31. The van der Waals surface area contributed by atoms with E-state index >= 15 is 0 Å². The molecule has 0 spiro atoms. The molecule has 2 atom stereocenters. The number of ether oxygens (including phenoxy) is 1. The smallest absolute Gasteiger partial charge is 0.241 e. The third kappa shape index (κ3) is 3.83. The van der Waals surface area contributed by atoms with Gasteiger partial charge in [-0.2, -0.15) is 0 Å². The van der Waals surface area contributed by atoms with Crippen LogP contribution in [-0.4, -0.2) is 34.7 Å². The standard InChI is InChI=1S/C15H24N2O3S/c1-11-7-8-12(10-16-2)9-15(11)21(18,19)17-13-5-4-6-14(13)20-3/h7-9,13-14,16-17H,4-6,10H2,1-3H3. The van der Waals surface area contributed by atoms with Gasteiger partial charge in [0.2, 0.25) is 10.0 Å². The van der Waals surface area contributed by atoms with Gasteiger partial charge in [0.05, 0.1) is 11.0 Å². The maximum absolute atomic E-state index is 12.6. The van der Waals surface area contributed by atoms with Gasteiger partial charge < -0.3 is 10.1 Å². The Morgan fingerprint density at radius 1 is 1.33 bits per heavy atom. The van der Waals surface area contributed by atoms with E-state index in [-0.39, 0.29) is 12.1 Å². The van der Waals surface area contributed by atoms with Gasteiger partial charge in [-0.05, 0) is 50.4 Å². The van der Waals surface area contributed by atoms with Crippen molar-refractivity contribution in [3.8, 4) is 0 Å². The van der Waals surface area contributed by atoms with Crippen LogP contribution in [0.1, 0.15) is 30.4 Å². The van der Waals surface area contributed by atoms with Gasteiger partial charge in [-0.1, -0.05) is 12.1 Å². The van der Waals surface area contributed by atoms with Gasteiger partial charge in [0.1, 0.15) is 0 Å². The molecule has 1 saturated carbocycles.